The topological polar surface area (TPSA) is 151 Å². The Kier molecular flexibility index (Phi) is 8.44. The number of fused-ring (bicyclic) bond motifs is 1. The Morgan fingerprint density at radius 1 is 1.05 bits per heavy atom. The molecule has 2 heterocycles. The van der Waals surface area contributed by atoms with Gasteiger partial charge < -0.3 is 16.0 Å². The molecule has 1 fully saturated rings. The standard InChI is InChI=1S/C29H35N5O5/c1-16(2)25(26(36)24-17(3)28(38)34(30)29(24)39)33-23(35)15-22(18-8-5-4-6-9-18)32-27(37)20-11-12-21-19(14-20)10-7-13-31-21/h4-6,8-9,11-12,14,16-17,22,24-25,31H,7,10,13,15,30H2,1-3H3,(H,32,37)(H,33,35)/t17-,22-,24+,25-/m0/s1. The number of nitrogens with one attached hydrogen (secondary N) is 3. The van der Waals surface area contributed by atoms with Crippen LogP contribution in [0.5, 0.6) is 0 Å². The molecule has 0 spiro atoms. The Labute approximate surface area is 227 Å². The van der Waals surface area contributed by atoms with E-state index in [0.717, 1.165) is 36.2 Å². The fourth-order valence-corrected chi connectivity index (χ4v) is 5.18. The van der Waals surface area contributed by atoms with Gasteiger partial charge in [-0.15, -0.1) is 0 Å². The lowest BCUT2D eigenvalue weighted by Crippen LogP contribution is -2.50. The van der Waals surface area contributed by atoms with Crippen molar-refractivity contribution in [2.45, 2.75) is 52.1 Å². The number of imide groups is 1. The lowest BCUT2D eigenvalue weighted by atomic mass is 9.85. The summed E-state index contributed by atoms with van der Waals surface area (Å²) in [5.74, 6) is 0.285. The SMILES string of the molecule is CC(C)[C@H](NC(=O)C[C@H](NC(=O)c1ccc2c(c1)CCCN2)c1ccccc1)C(=O)[C@@H]1C(=O)N(N)C(=O)[C@H]1C. The van der Waals surface area contributed by atoms with Gasteiger partial charge in [0.05, 0.1) is 24.4 Å². The summed E-state index contributed by atoms with van der Waals surface area (Å²) in [5, 5.41) is 9.52. The van der Waals surface area contributed by atoms with Crippen molar-refractivity contribution in [1.29, 1.82) is 0 Å². The molecular formula is C29H35N5O5. The maximum atomic E-state index is 13.3. The Morgan fingerprint density at radius 3 is 2.41 bits per heavy atom. The number of hydrogen-bond acceptors (Lipinski definition) is 7. The number of amides is 4. The van der Waals surface area contributed by atoms with E-state index in [1.165, 1.54) is 6.92 Å². The van der Waals surface area contributed by atoms with Crippen molar-refractivity contribution in [1.82, 2.24) is 15.6 Å². The van der Waals surface area contributed by atoms with Crippen LogP contribution in [0, 0.1) is 17.8 Å². The van der Waals surface area contributed by atoms with E-state index < -0.39 is 47.4 Å². The highest BCUT2D eigenvalue weighted by Crippen LogP contribution is 2.28. The van der Waals surface area contributed by atoms with E-state index in [9.17, 15) is 24.0 Å². The first-order valence-electron chi connectivity index (χ1n) is 13.3. The predicted molar refractivity (Wildman–Crippen MR) is 145 cm³/mol. The van der Waals surface area contributed by atoms with E-state index in [1.807, 2.05) is 42.5 Å². The summed E-state index contributed by atoms with van der Waals surface area (Å²) in [7, 11) is 0. The van der Waals surface area contributed by atoms with Gasteiger partial charge in [0.25, 0.3) is 11.8 Å². The van der Waals surface area contributed by atoms with Gasteiger partial charge in [0, 0.05) is 17.8 Å². The molecule has 4 rings (SSSR count). The molecule has 0 aromatic heterocycles. The van der Waals surface area contributed by atoms with Crippen LogP contribution in [0.3, 0.4) is 0 Å². The molecule has 206 valence electrons. The van der Waals surface area contributed by atoms with Crippen LogP contribution < -0.4 is 21.8 Å². The third kappa shape index (κ3) is 6.01. The minimum absolute atomic E-state index is 0.130. The average Bonchev–Trinajstić information content (AvgIpc) is 3.13. The zero-order valence-corrected chi connectivity index (χ0v) is 22.4. The molecule has 0 aliphatic carbocycles. The smallest absolute Gasteiger partial charge is 0.255 e. The van der Waals surface area contributed by atoms with Gasteiger partial charge in [-0.05, 0) is 48.1 Å². The number of hydrazine groups is 1. The summed E-state index contributed by atoms with van der Waals surface area (Å²) < 4.78 is 0. The van der Waals surface area contributed by atoms with E-state index in [0.29, 0.717) is 10.6 Å². The summed E-state index contributed by atoms with van der Waals surface area (Å²) in [5.41, 5.74) is 3.33. The molecule has 0 saturated carbocycles. The Bertz CT molecular complexity index is 1280. The monoisotopic (exact) mass is 533 g/mol. The van der Waals surface area contributed by atoms with Gasteiger partial charge in [0.1, 0.15) is 5.92 Å². The molecule has 5 N–H and O–H groups in total. The molecule has 2 aromatic carbocycles. The van der Waals surface area contributed by atoms with Crippen molar-refractivity contribution >= 4 is 35.1 Å². The van der Waals surface area contributed by atoms with Gasteiger partial charge in [0.2, 0.25) is 11.8 Å². The second kappa shape index (κ2) is 11.8. The predicted octanol–water partition coefficient (Wildman–Crippen LogP) is 2.11. The third-order valence-corrected chi connectivity index (χ3v) is 7.43. The quantitative estimate of drug-likeness (QED) is 0.167. The number of aryl methyl sites for hydroxylation is 1. The van der Waals surface area contributed by atoms with Crippen molar-refractivity contribution < 1.29 is 24.0 Å². The molecule has 0 bridgehead atoms. The van der Waals surface area contributed by atoms with E-state index in [4.69, 9.17) is 5.84 Å². The largest absolute Gasteiger partial charge is 0.385 e. The van der Waals surface area contributed by atoms with E-state index in [1.54, 1.807) is 19.9 Å². The van der Waals surface area contributed by atoms with Crippen LogP contribution in [-0.2, 0) is 25.6 Å². The van der Waals surface area contributed by atoms with E-state index >= 15 is 0 Å². The molecule has 0 unspecified atom stereocenters. The molecule has 2 aromatic rings. The highest BCUT2D eigenvalue weighted by atomic mass is 16.2. The molecule has 4 atom stereocenters. The normalized spacial score (nSPS) is 20.2. The van der Waals surface area contributed by atoms with Gasteiger partial charge in [-0.2, -0.15) is 0 Å². The van der Waals surface area contributed by atoms with Gasteiger partial charge in [-0.3, -0.25) is 24.0 Å². The first-order chi connectivity index (χ1) is 18.6. The first kappa shape index (κ1) is 28.0. The number of nitrogens with two attached hydrogens (primary N) is 1. The maximum absolute atomic E-state index is 13.3. The third-order valence-electron chi connectivity index (χ3n) is 7.43. The molecule has 39 heavy (non-hydrogen) atoms. The van der Waals surface area contributed by atoms with Crippen LogP contribution in [-0.4, -0.2) is 47.0 Å². The van der Waals surface area contributed by atoms with Gasteiger partial charge in [-0.25, -0.2) is 10.9 Å². The molecular weight excluding hydrogens is 498 g/mol. The minimum atomic E-state index is -1.25. The summed E-state index contributed by atoms with van der Waals surface area (Å²) >= 11 is 0. The van der Waals surface area contributed by atoms with Crippen molar-refractivity contribution in [3.05, 3.63) is 65.2 Å². The Morgan fingerprint density at radius 2 is 1.77 bits per heavy atom. The lowest BCUT2D eigenvalue weighted by molar-refractivity contribution is -0.142. The number of benzene rings is 2. The molecule has 4 amide bonds. The van der Waals surface area contributed by atoms with Crippen LogP contribution in [0.1, 0.15) is 61.1 Å². The minimum Gasteiger partial charge on any atom is -0.385 e. The summed E-state index contributed by atoms with van der Waals surface area (Å²) in [6.07, 6.45) is 1.74. The fourth-order valence-electron chi connectivity index (χ4n) is 5.18. The number of anilines is 1. The van der Waals surface area contributed by atoms with Crippen LogP contribution in [0.4, 0.5) is 5.69 Å². The number of rotatable bonds is 9. The number of ketones is 1. The van der Waals surface area contributed by atoms with Crippen molar-refractivity contribution in [3.63, 3.8) is 0 Å². The lowest BCUT2D eigenvalue weighted by Gasteiger charge is -2.26. The zero-order valence-electron chi connectivity index (χ0n) is 22.4. The number of hydrogen-bond donors (Lipinski definition) is 4. The Balaban J connectivity index is 1.50. The summed E-state index contributed by atoms with van der Waals surface area (Å²) in [6, 6.07) is 13.0. The fraction of sp³-hybridized carbons (Fsp3) is 0.414. The first-order valence-corrected chi connectivity index (χ1v) is 13.3. The van der Waals surface area contributed by atoms with Crippen LogP contribution in [0.2, 0.25) is 0 Å². The zero-order chi connectivity index (χ0) is 28.3. The number of carbonyl (C=O) groups excluding carboxylic acids is 5. The van der Waals surface area contributed by atoms with Crippen LogP contribution >= 0.6 is 0 Å². The molecule has 10 heteroatoms. The van der Waals surface area contributed by atoms with E-state index in [-0.39, 0.29) is 18.2 Å². The molecule has 2 aliphatic rings. The van der Waals surface area contributed by atoms with Crippen molar-refractivity contribution in [2.75, 3.05) is 11.9 Å². The molecule has 0 radical (unpaired) electrons. The highest BCUT2D eigenvalue weighted by Gasteiger charge is 2.50. The average molecular weight is 534 g/mol. The highest BCUT2D eigenvalue weighted by molar-refractivity contribution is 6.16. The molecule has 10 nitrogen and oxygen atoms in total. The Hall–Kier alpha value is -4.05. The van der Waals surface area contributed by atoms with Crippen molar-refractivity contribution in [2.24, 2.45) is 23.6 Å². The van der Waals surface area contributed by atoms with Crippen LogP contribution in [0.15, 0.2) is 48.5 Å². The van der Waals surface area contributed by atoms with E-state index in [2.05, 4.69) is 16.0 Å². The second-order valence-corrected chi connectivity index (χ2v) is 10.5. The van der Waals surface area contributed by atoms with Gasteiger partial charge in [0.15, 0.2) is 5.78 Å². The molecule has 1 saturated heterocycles. The number of Topliss-reactive ketones (excluding diaryl/α,β-unsaturated/α-hetero) is 1. The number of nitrogens with zero attached hydrogens (tertiary/aromatic N) is 1. The molecule has 2 aliphatic heterocycles. The maximum Gasteiger partial charge on any atom is 0.255 e. The number of carbonyl (C=O) groups is 5. The summed E-state index contributed by atoms with van der Waals surface area (Å²) in [6.45, 7) is 5.87. The van der Waals surface area contributed by atoms with Crippen LogP contribution in [0.25, 0.3) is 0 Å². The van der Waals surface area contributed by atoms with Crippen molar-refractivity contribution in [3.8, 4) is 0 Å². The van der Waals surface area contributed by atoms with Gasteiger partial charge in [-0.1, -0.05) is 51.1 Å². The summed E-state index contributed by atoms with van der Waals surface area (Å²) in [4.78, 5) is 64.4. The second-order valence-electron chi connectivity index (χ2n) is 10.5. The van der Waals surface area contributed by atoms with Gasteiger partial charge >= 0.3 is 0 Å².